The Hall–Kier alpha value is -0.870. The molecule has 5 heteroatoms. The fourth-order valence-corrected chi connectivity index (χ4v) is 4.91. The summed E-state index contributed by atoms with van der Waals surface area (Å²) in [7, 11) is 1.49. The lowest BCUT2D eigenvalue weighted by Crippen LogP contribution is -2.72. The molecule has 0 aromatic carbocycles. The Bertz CT molecular complexity index is 544. The van der Waals surface area contributed by atoms with Gasteiger partial charge in [0.25, 0.3) is 0 Å². The van der Waals surface area contributed by atoms with Crippen molar-refractivity contribution in [1.82, 2.24) is 0 Å². The molecule has 1 heterocycles. The van der Waals surface area contributed by atoms with Crippen LogP contribution in [0.5, 0.6) is 0 Å². The molecular weight excluding hydrogens is 292 g/mol. The second-order valence-corrected chi connectivity index (χ2v) is 7.51. The van der Waals surface area contributed by atoms with Gasteiger partial charge in [-0.25, -0.2) is 0 Å². The number of hydrogen-bond donors (Lipinski definition) is 0. The second kappa shape index (κ2) is 4.32. The standard InChI is InChI=1S/C16H21ClO4/c1-9-10-5-7-14(2)8-6-11(18)15(3,20-4)16(14,17)12(10)21-13(9)19/h6,8-10,12H,5,7H2,1-4H3/t9-,10-,12-,14-,15+,16+/m0/s1. The highest BCUT2D eigenvalue weighted by atomic mass is 35.5. The van der Waals surface area contributed by atoms with Crippen molar-refractivity contribution in [2.45, 2.75) is 50.2 Å². The summed E-state index contributed by atoms with van der Waals surface area (Å²) in [5.41, 5.74) is -1.65. The lowest BCUT2D eigenvalue weighted by Gasteiger charge is -2.59. The molecule has 21 heavy (non-hydrogen) atoms. The van der Waals surface area contributed by atoms with E-state index in [1.807, 2.05) is 19.9 Å². The summed E-state index contributed by atoms with van der Waals surface area (Å²) >= 11 is 7.08. The average Bonchev–Trinajstić information content (AvgIpc) is 2.75. The number of carbonyl (C=O) groups excluding carboxylic acids is 2. The maximum Gasteiger partial charge on any atom is 0.309 e. The van der Waals surface area contributed by atoms with Crippen LogP contribution in [0.25, 0.3) is 0 Å². The van der Waals surface area contributed by atoms with Crippen molar-refractivity contribution in [3.05, 3.63) is 12.2 Å². The molecule has 4 nitrogen and oxygen atoms in total. The van der Waals surface area contributed by atoms with Crippen LogP contribution < -0.4 is 0 Å². The Balaban J connectivity index is 2.19. The van der Waals surface area contributed by atoms with E-state index in [0.29, 0.717) is 0 Å². The Kier molecular flexibility index (Phi) is 3.10. The maximum absolute atomic E-state index is 12.5. The van der Waals surface area contributed by atoms with Crippen LogP contribution in [0, 0.1) is 17.3 Å². The van der Waals surface area contributed by atoms with Crippen LogP contribution in [-0.2, 0) is 19.1 Å². The van der Waals surface area contributed by atoms with Crippen molar-refractivity contribution in [3.63, 3.8) is 0 Å². The van der Waals surface area contributed by atoms with Crippen LogP contribution >= 0.6 is 11.6 Å². The maximum atomic E-state index is 12.5. The number of ketones is 1. The predicted molar refractivity (Wildman–Crippen MR) is 78.0 cm³/mol. The molecule has 0 radical (unpaired) electrons. The molecule has 1 saturated carbocycles. The van der Waals surface area contributed by atoms with Gasteiger partial charge in [0.15, 0.2) is 11.4 Å². The van der Waals surface area contributed by atoms with Crippen LogP contribution in [-0.4, -0.2) is 35.4 Å². The minimum Gasteiger partial charge on any atom is -0.460 e. The fraction of sp³-hybridized carbons (Fsp3) is 0.750. The second-order valence-electron chi connectivity index (χ2n) is 6.91. The molecule has 2 fully saturated rings. The van der Waals surface area contributed by atoms with Gasteiger partial charge in [0.05, 0.1) is 5.92 Å². The first-order valence-corrected chi connectivity index (χ1v) is 7.77. The summed E-state index contributed by atoms with van der Waals surface area (Å²) in [5, 5.41) is 0. The number of allylic oxidation sites excluding steroid dienone is 1. The van der Waals surface area contributed by atoms with Crippen molar-refractivity contribution < 1.29 is 19.1 Å². The quantitative estimate of drug-likeness (QED) is 0.551. The minimum atomic E-state index is -1.20. The number of carbonyl (C=O) groups is 2. The third-order valence-corrected chi connectivity index (χ3v) is 7.05. The van der Waals surface area contributed by atoms with Gasteiger partial charge >= 0.3 is 5.97 Å². The number of alkyl halides is 1. The third kappa shape index (κ3) is 1.55. The zero-order chi connectivity index (χ0) is 15.6. The molecule has 3 rings (SSSR count). The number of esters is 1. The lowest BCUT2D eigenvalue weighted by molar-refractivity contribution is -0.169. The molecule has 0 aromatic heterocycles. The van der Waals surface area contributed by atoms with Gasteiger partial charge in [0.1, 0.15) is 11.0 Å². The topological polar surface area (TPSA) is 52.6 Å². The Morgan fingerprint density at radius 2 is 2.05 bits per heavy atom. The molecule has 0 bridgehead atoms. The molecule has 1 aliphatic heterocycles. The number of fused-ring (bicyclic) bond motifs is 3. The van der Waals surface area contributed by atoms with Crippen molar-refractivity contribution in [3.8, 4) is 0 Å². The van der Waals surface area contributed by atoms with E-state index in [-0.39, 0.29) is 23.6 Å². The van der Waals surface area contributed by atoms with E-state index in [0.717, 1.165) is 12.8 Å². The summed E-state index contributed by atoms with van der Waals surface area (Å²) in [6.07, 6.45) is 4.60. The Morgan fingerprint density at radius 1 is 1.38 bits per heavy atom. The van der Waals surface area contributed by atoms with E-state index in [1.54, 1.807) is 13.0 Å². The van der Waals surface area contributed by atoms with Crippen molar-refractivity contribution in [2.75, 3.05) is 7.11 Å². The molecule has 1 saturated heterocycles. The molecule has 3 aliphatic rings. The molecule has 0 aromatic rings. The monoisotopic (exact) mass is 312 g/mol. The van der Waals surface area contributed by atoms with Crippen LogP contribution in [0.15, 0.2) is 12.2 Å². The Morgan fingerprint density at radius 3 is 2.67 bits per heavy atom. The van der Waals surface area contributed by atoms with Gasteiger partial charge in [-0.3, -0.25) is 9.59 Å². The van der Waals surface area contributed by atoms with Crippen LogP contribution in [0.3, 0.4) is 0 Å². The van der Waals surface area contributed by atoms with Crippen LogP contribution in [0.1, 0.15) is 33.6 Å². The highest BCUT2D eigenvalue weighted by molar-refractivity contribution is 6.29. The number of ether oxygens (including phenoxy) is 2. The van der Waals surface area contributed by atoms with Crippen molar-refractivity contribution in [1.29, 1.82) is 0 Å². The van der Waals surface area contributed by atoms with Gasteiger partial charge in [-0.1, -0.05) is 19.9 Å². The first-order chi connectivity index (χ1) is 9.71. The molecular formula is C16H21ClO4. The minimum absolute atomic E-state index is 0.0387. The molecule has 116 valence electrons. The molecule has 0 amide bonds. The largest absolute Gasteiger partial charge is 0.460 e. The van der Waals surface area contributed by atoms with E-state index in [1.165, 1.54) is 7.11 Å². The first-order valence-electron chi connectivity index (χ1n) is 7.39. The third-order valence-electron chi connectivity index (χ3n) is 6.04. The van der Waals surface area contributed by atoms with Crippen molar-refractivity contribution in [2.24, 2.45) is 17.3 Å². The van der Waals surface area contributed by atoms with E-state index < -0.39 is 22.0 Å². The SMILES string of the molecule is CO[C@]1(C)C(=O)C=C[C@]2(C)CC[C@H]3[C@H](C)C(=O)O[C@@H]3[C@@]21Cl. The van der Waals surface area contributed by atoms with Gasteiger partial charge in [-0.15, -0.1) is 11.6 Å². The van der Waals surface area contributed by atoms with Crippen LogP contribution in [0.2, 0.25) is 0 Å². The smallest absolute Gasteiger partial charge is 0.309 e. The molecule has 0 spiro atoms. The number of methoxy groups -OCH3 is 1. The highest BCUT2D eigenvalue weighted by Crippen LogP contribution is 2.62. The zero-order valence-electron chi connectivity index (χ0n) is 12.8. The normalized spacial score (nSPS) is 52.3. The average molecular weight is 313 g/mol. The predicted octanol–water partition coefficient (Wildman–Crippen LogP) is 2.49. The van der Waals surface area contributed by atoms with Gasteiger partial charge < -0.3 is 9.47 Å². The summed E-state index contributed by atoms with van der Waals surface area (Å²) in [4.78, 5) is 23.4. The first kappa shape index (κ1) is 15.0. The number of rotatable bonds is 1. The van der Waals surface area contributed by atoms with Gasteiger partial charge in [-0.05, 0) is 25.8 Å². The number of halogens is 1. The number of hydrogen-bond acceptors (Lipinski definition) is 4. The lowest BCUT2D eigenvalue weighted by atomic mass is 9.53. The highest BCUT2D eigenvalue weighted by Gasteiger charge is 2.72. The van der Waals surface area contributed by atoms with E-state index in [2.05, 4.69) is 0 Å². The molecule has 0 N–H and O–H groups in total. The van der Waals surface area contributed by atoms with E-state index in [4.69, 9.17) is 21.1 Å². The summed E-state index contributed by atoms with van der Waals surface area (Å²) in [6.45, 7) is 5.61. The zero-order valence-corrected chi connectivity index (χ0v) is 13.6. The van der Waals surface area contributed by atoms with Gasteiger partial charge in [0.2, 0.25) is 0 Å². The van der Waals surface area contributed by atoms with E-state index in [9.17, 15) is 9.59 Å². The molecule has 0 unspecified atom stereocenters. The van der Waals surface area contributed by atoms with Gasteiger partial charge in [0, 0.05) is 18.4 Å². The summed E-state index contributed by atoms with van der Waals surface area (Å²) < 4.78 is 11.2. The summed E-state index contributed by atoms with van der Waals surface area (Å²) in [6, 6.07) is 0. The Labute approximate surface area is 129 Å². The molecule has 6 atom stereocenters. The summed E-state index contributed by atoms with van der Waals surface area (Å²) in [5.74, 6) is -0.544. The molecule has 2 aliphatic carbocycles. The fourth-order valence-electron chi connectivity index (χ4n) is 4.38. The van der Waals surface area contributed by atoms with E-state index >= 15 is 0 Å². The van der Waals surface area contributed by atoms with Gasteiger partial charge in [-0.2, -0.15) is 0 Å². The van der Waals surface area contributed by atoms with Crippen molar-refractivity contribution >= 4 is 23.4 Å². The van der Waals surface area contributed by atoms with Crippen LogP contribution in [0.4, 0.5) is 0 Å².